The van der Waals surface area contributed by atoms with Crippen LogP contribution in [0, 0.1) is 10.1 Å². The van der Waals surface area contributed by atoms with Crippen molar-refractivity contribution >= 4 is 29.2 Å². The molecule has 1 aliphatic rings. The Labute approximate surface area is 126 Å². The number of nitro groups is 1. The first-order valence-electron chi connectivity index (χ1n) is 6.68. The van der Waals surface area contributed by atoms with E-state index in [1.54, 1.807) is 0 Å². The van der Waals surface area contributed by atoms with Crippen LogP contribution in [0.4, 0.5) is 11.5 Å². The van der Waals surface area contributed by atoms with Crippen molar-refractivity contribution < 1.29 is 14.8 Å². The topological polar surface area (TPSA) is 105 Å². The molecule has 0 aromatic carbocycles. The van der Waals surface area contributed by atoms with Gasteiger partial charge in [-0.3, -0.25) is 10.1 Å². The number of hydrogen-bond acceptors (Lipinski definition) is 6. The SMILES string of the molecule is CSC1CCC(Nc2ncc(C(=O)O)cc2[N+](=O)[O-])CC1. The number of aromatic nitrogens is 1. The van der Waals surface area contributed by atoms with Crippen LogP contribution in [0.25, 0.3) is 0 Å². The molecule has 0 unspecified atom stereocenters. The van der Waals surface area contributed by atoms with E-state index in [0.717, 1.165) is 37.9 Å². The van der Waals surface area contributed by atoms with Crippen LogP contribution in [0.2, 0.25) is 0 Å². The van der Waals surface area contributed by atoms with Crippen molar-refractivity contribution in [2.75, 3.05) is 11.6 Å². The summed E-state index contributed by atoms with van der Waals surface area (Å²) in [4.78, 5) is 25.2. The summed E-state index contributed by atoms with van der Waals surface area (Å²) in [5, 5.41) is 23.7. The number of carboxylic acid groups (broad SMARTS) is 1. The Morgan fingerprint density at radius 2 is 2.14 bits per heavy atom. The van der Waals surface area contributed by atoms with Crippen molar-refractivity contribution in [1.29, 1.82) is 0 Å². The third-order valence-corrected chi connectivity index (χ3v) is 4.80. The summed E-state index contributed by atoms with van der Waals surface area (Å²) in [5.74, 6) is -1.07. The van der Waals surface area contributed by atoms with Crippen molar-refractivity contribution in [2.24, 2.45) is 0 Å². The first-order chi connectivity index (χ1) is 10.0. The highest BCUT2D eigenvalue weighted by atomic mass is 32.2. The number of carbonyl (C=O) groups is 1. The maximum atomic E-state index is 11.1. The van der Waals surface area contributed by atoms with E-state index in [2.05, 4.69) is 16.6 Å². The van der Waals surface area contributed by atoms with Crippen molar-refractivity contribution in [2.45, 2.75) is 37.0 Å². The Kier molecular flexibility index (Phi) is 5.00. The molecule has 0 spiro atoms. The van der Waals surface area contributed by atoms with Crippen LogP contribution >= 0.6 is 11.8 Å². The van der Waals surface area contributed by atoms with Gasteiger partial charge in [0, 0.05) is 23.6 Å². The number of hydrogen-bond donors (Lipinski definition) is 2. The van der Waals surface area contributed by atoms with Crippen molar-refractivity contribution in [1.82, 2.24) is 4.98 Å². The lowest BCUT2D eigenvalue weighted by atomic mass is 9.95. The van der Waals surface area contributed by atoms with E-state index in [1.807, 2.05) is 11.8 Å². The molecule has 7 nitrogen and oxygen atoms in total. The van der Waals surface area contributed by atoms with Gasteiger partial charge in [-0.2, -0.15) is 11.8 Å². The van der Waals surface area contributed by atoms with E-state index in [4.69, 9.17) is 5.11 Å². The van der Waals surface area contributed by atoms with Crippen molar-refractivity contribution in [3.8, 4) is 0 Å². The molecule has 1 aliphatic carbocycles. The summed E-state index contributed by atoms with van der Waals surface area (Å²) < 4.78 is 0. The molecule has 0 radical (unpaired) electrons. The van der Waals surface area contributed by atoms with Gasteiger partial charge in [-0.1, -0.05) is 0 Å². The second-order valence-electron chi connectivity index (χ2n) is 5.01. The normalized spacial score (nSPS) is 21.8. The van der Waals surface area contributed by atoms with E-state index in [0.29, 0.717) is 5.25 Å². The quantitative estimate of drug-likeness (QED) is 0.636. The molecule has 1 aromatic rings. The van der Waals surface area contributed by atoms with Gasteiger partial charge in [0.05, 0.1) is 10.5 Å². The molecule has 1 aromatic heterocycles. The molecule has 2 N–H and O–H groups in total. The molecule has 2 rings (SSSR count). The zero-order valence-corrected chi connectivity index (χ0v) is 12.4. The molecule has 0 amide bonds. The fraction of sp³-hybridized carbons (Fsp3) is 0.538. The molecular weight excluding hydrogens is 294 g/mol. The second-order valence-corrected chi connectivity index (χ2v) is 6.15. The highest BCUT2D eigenvalue weighted by Crippen LogP contribution is 2.30. The molecule has 1 saturated carbocycles. The van der Waals surface area contributed by atoms with Gasteiger partial charge in [-0.05, 0) is 31.9 Å². The summed E-state index contributed by atoms with van der Waals surface area (Å²) in [6.07, 6.45) is 7.25. The van der Waals surface area contributed by atoms with E-state index >= 15 is 0 Å². The minimum Gasteiger partial charge on any atom is -0.478 e. The zero-order chi connectivity index (χ0) is 15.4. The van der Waals surface area contributed by atoms with Gasteiger partial charge < -0.3 is 10.4 Å². The maximum Gasteiger partial charge on any atom is 0.337 e. The Bertz CT molecular complexity index is 544. The number of carboxylic acids is 1. The van der Waals surface area contributed by atoms with Gasteiger partial charge in [0.25, 0.3) is 0 Å². The Balaban J connectivity index is 2.13. The summed E-state index contributed by atoms with van der Waals surface area (Å²) in [7, 11) is 0. The molecular formula is C13H17N3O4S. The van der Waals surface area contributed by atoms with Crippen LogP contribution in [0.15, 0.2) is 12.3 Å². The summed E-state index contributed by atoms with van der Waals surface area (Å²) in [6.45, 7) is 0. The monoisotopic (exact) mass is 311 g/mol. The van der Waals surface area contributed by atoms with Gasteiger partial charge in [0.2, 0.25) is 5.82 Å². The number of aromatic carboxylic acids is 1. The first kappa shape index (κ1) is 15.6. The van der Waals surface area contributed by atoms with Gasteiger partial charge in [0.1, 0.15) is 0 Å². The lowest BCUT2D eigenvalue weighted by Gasteiger charge is -2.28. The van der Waals surface area contributed by atoms with E-state index in [9.17, 15) is 14.9 Å². The molecule has 1 fully saturated rings. The number of nitrogens with one attached hydrogen (secondary N) is 1. The van der Waals surface area contributed by atoms with Crippen LogP contribution in [-0.2, 0) is 0 Å². The maximum absolute atomic E-state index is 11.1. The van der Waals surface area contributed by atoms with E-state index < -0.39 is 10.9 Å². The predicted molar refractivity (Wildman–Crippen MR) is 81.0 cm³/mol. The largest absolute Gasteiger partial charge is 0.478 e. The van der Waals surface area contributed by atoms with Crippen LogP contribution in [0.3, 0.4) is 0 Å². The summed E-state index contributed by atoms with van der Waals surface area (Å²) >= 11 is 1.85. The van der Waals surface area contributed by atoms with Gasteiger partial charge in [0.15, 0.2) is 0 Å². The lowest BCUT2D eigenvalue weighted by molar-refractivity contribution is -0.384. The lowest BCUT2D eigenvalue weighted by Crippen LogP contribution is -2.27. The third-order valence-electron chi connectivity index (χ3n) is 3.66. The molecule has 8 heteroatoms. The minimum absolute atomic E-state index is 0.148. The zero-order valence-electron chi connectivity index (χ0n) is 11.6. The van der Waals surface area contributed by atoms with E-state index in [1.165, 1.54) is 0 Å². The molecule has 0 aliphatic heterocycles. The summed E-state index contributed by atoms with van der Waals surface area (Å²) in [5.41, 5.74) is -0.472. The van der Waals surface area contributed by atoms with Crippen LogP contribution in [0.1, 0.15) is 36.0 Å². The Hall–Kier alpha value is -1.83. The Morgan fingerprint density at radius 1 is 1.48 bits per heavy atom. The number of anilines is 1. The number of pyridine rings is 1. The number of nitrogens with zero attached hydrogens (tertiary/aromatic N) is 2. The Morgan fingerprint density at radius 3 is 2.67 bits per heavy atom. The number of thioether (sulfide) groups is 1. The standard InChI is InChI=1S/C13H17N3O4S/c1-21-10-4-2-9(3-5-10)15-12-11(16(19)20)6-8(7-14-12)13(17)18/h6-7,9-10H,2-5H2,1H3,(H,14,15)(H,17,18). The fourth-order valence-electron chi connectivity index (χ4n) is 2.46. The summed E-state index contributed by atoms with van der Waals surface area (Å²) in [6, 6.07) is 1.20. The number of rotatable bonds is 5. The van der Waals surface area contributed by atoms with Gasteiger partial charge >= 0.3 is 11.7 Å². The minimum atomic E-state index is -1.22. The fourth-order valence-corrected chi connectivity index (χ4v) is 3.20. The molecule has 114 valence electrons. The molecule has 21 heavy (non-hydrogen) atoms. The molecule has 1 heterocycles. The molecule has 0 bridgehead atoms. The van der Waals surface area contributed by atoms with Crippen molar-refractivity contribution in [3.05, 3.63) is 27.9 Å². The van der Waals surface area contributed by atoms with E-state index in [-0.39, 0.29) is 23.1 Å². The second kappa shape index (κ2) is 6.75. The van der Waals surface area contributed by atoms with Crippen LogP contribution in [0.5, 0.6) is 0 Å². The molecule has 0 atom stereocenters. The van der Waals surface area contributed by atoms with Crippen LogP contribution < -0.4 is 5.32 Å². The van der Waals surface area contributed by atoms with Crippen LogP contribution in [-0.4, -0.2) is 38.5 Å². The third kappa shape index (κ3) is 3.84. The van der Waals surface area contributed by atoms with Crippen molar-refractivity contribution in [3.63, 3.8) is 0 Å². The van der Waals surface area contributed by atoms with Gasteiger partial charge in [-0.25, -0.2) is 9.78 Å². The molecule has 0 saturated heterocycles. The first-order valence-corrected chi connectivity index (χ1v) is 7.97. The average Bonchev–Trinajstić information content (AvgIpc) is 2.48. The predicted octanol–water partition coefficient (Wildman–Crippen LogP) is 2.77. The highest BCUT2D eigenvalue weighted by Gasteiger charge is 2.24. The smallest absolute Gasteiger partial charge is 0.337 e. The highest BCUT2D eigenvalue weighted by molar-refractivity contribution is 7.99. The van der Waals surface area contributed by atoms with Gasteiger partial charge in [-0.15, -0.1) is 0 Å². The average molecular weight is 311 g/mol.